The van der Waals surface area contributed by atoms with Crippen LogP contribution in [0.5, 0.6) is 0 Å². The molecule has 2 heterocycles. The minimum Gasteiger partial charge on any atom is -0.507 e. The molecule has 30 heavy (non-hydrogen) atoms. The molecule has 1 aromatic heterocycles. The van der Waals surface area contributed by atoms with Crippen LogP contribution in [0.25, 0.3) is 5.76 Å². The van der Waals surface area contributed by atoms with Crippen LogP contribution in [0, 0.1) is 17.0 Å². The number of carbonyl (C=O) groups excluding carboxylic acids is 2. The summed E-state index contributed by atoms with van der Waals surface area (Å²) in [6.45, 7) is 1.64. The second-order valence-electron chi connectivity index (χ2n) is 6.68. The van der Waals surface area contributed by atoms with Gasteiger partial charge in [0.15, 0.2) is 5.82 Å². The van der Waals surface area contributed by atoms with Crippen molar-refractivity contribution in [1.29, 1.82) is 0 Å². The summed E-state index contributed by atoms with van der Waals surface area (Å²) in [7, 11) is 0. The predicted molar refractivity (Wildman–Crippen MR) is 106 cm³/mol. The molecular weight excluding hydrogens is 390 g/mol. The van der Waals surface area contributed by atoms with Gasteiger partial charge in [-0.25, -0.2) is 0 Å². The van der Waals surface area contributed by atoms with Crippen molar-refractivity contribution < 1.29 is 24.1 Å². The van der Waals surface area contributed by atoms with E-state index in [-0.39, 0.29) is 22.8 Å². The maximum Gasteiger partial charge on any atom is 0.301 e. The third kappa shape index (κ3) is 3.12. The van der Waals surface area contributed by atoms with Crippen molar-refractivity contribution in [2.45, 2.75) is 13.0 Å². The Labute approximate surface area is 170 Å². The Kier molecular flexibility index (Phi) is 4.63. The number of amides is 1. The Morgan fingerprint density at radius 1 is 1.13 bits per heavy atom. The van der Waals surface area contributed by atoms with Gasteiger partial charge in [-0.05, 0) is 24.6 Å². The molecule has 0 spiro atoms. The molecule has 1 fully saturated rings. The van der Waals surface area contributed by atoms with E-state index in [0.29, 0.717) is 16.9 Å². The highest BCUT2D eigenvalue weighted by Crippen LogP contribution is 2.42. The van der Waals surface area contributed by atoms with Gasteiger partial charge >= 0.3 is 5.91 Å². The van der Waals surface area contributed by atoms with Crippen LogP contribution in [0.4, 0.5) is 11.5 Å². The fourth-order valence-electron chi connectivity index (χ4n) is 3.38. The maximum absolute atomic E-state index is 12.9. The normalized spacial score (nSPS) is 18.0. The zero-order chi connectivity index (χ0) is 21.4. The van der Waals surface area contributed by atoms with E-state index >= 15 is 0 Å². The van der Waals surface area contributed by atoms with Gasteiger partial charge in [-0.2, -0.15) is 0 Å². The Morgan fingerprint density at radius 3 is 2.37 bits per heavy atom. The van der Waals surface area contributed by atoms with Crippen LogP contribution in [-0.2, 0) is 9.59 Å². The van der Waals surface area contributed by atoms with E-state index in [9.17, 15) is 24.8 Å². The van der Waals surface area contributed by atoms with E-state index in [4.69, 9.17) is 4.52 Å². The molecule has 0 saturated carbocycles. The lowest BCUT2D eigenvalue weighted by atomic mass is 9.95. The molecule has 2 aromatic carbocycles. The van der Waals surface area contributed by atoms with Gasteiger partial charge in [-0.3, -0.25) is 24.6 Å². The number of non-ortho nitro benzene ring substituents is 1. The number of aliphatic hydroxyl groups excluding tert-OH is 1. The zero-order valence-electron chi connectivity index (χ0n) is 15.7. The van der Waals surface area contributed by atoms with Crippen molar-refractivity contribution in [3.63, 3.8) is 0 Å². The number of nitro benzene ring substituents is 1. The lowest BCUT2D eigenvalue weighted by Crippen LogP contribution is -2.29. The van der Waals surface area contributed by atoms with Crippen LogP contribution in [0.1, 0.15) is 22.9 Å². The second-order valence-corrected chi connectivity index (χ2v) is 6.68. The van der Waals surface area contributed by atoms with Crippen molar-refractivity contribution in [3.05, 3.63) is 93.2 Å². The number of Topliss-reactive ketones (excluding diaryl/α,β-unsaturated/α-hetero) is 1. The van der Waals surface area contributed by atoms with Crippen molar-refractivity contribution in [3.8, 4) is 0 Å². The topological polar surface area (TPSA) is 127 Å². The van der Waals surface area contributed by atoms with E-state index < -0.39 is 22.7 Å². The second kappa shape index (κ2) is 7.28. The van der Waals surface area contributed by atoms with E-state index in [1.165, 1.54) is 30.3 Å². The summed E-state index contributed by atoms with van der Waals surface area (Å²) < 4.78 is 5.05. The summed E-state index contributed by atoms with van der Waals surface area (Å²) >= 11 is 0. The van der Waals surface area contributed by atoms with E-state index in [1.807, 2.05) is 0 Å². The van der Waals surface area contributed by atoms with Crippen LogP contribution in [0.15, 0.2) is 70.8 Å². The molecule has 9 heteroatoms. The Morgan fingerprint density at radius 2 is 1.80 bits per heavy atom. The molecule has 1 aliphatic heterocycles. The quantitative estimate of drug-likeness (QED) is 0.231. The molecule has 1 N–H and O–H groups in total. The van der Waals surface area contributed by atoms with Gasteiger partial charge in [-0.15, -0.1) is 0 Å². The number of nitro groups is 1. The number of ketones is 1. The molecule has 150 valence electrons. The maximum atomic E-state index is 12.9. The highest BCUT2D eigenvalue weighted by molar-refractivity contribution is 6.51. The molecule has 3 aromatic rings. The molecule has 0 radical (unpaired) electrons. The van der Waals surface area contributed by atoms with Crippen molar-refractivity contribution >= 4 is 29.0 Å². The molecule has 1 amide bonds. The highest BCUT2D eigenvalue weighted by Gasteiger charge is 2.48. The van der Waals surface area contributed by atoms with Crippen molar-refractivity contribution in [2.75, 3.05) is 4.90 Å². The van der Waals surface area contributed by atoms with Crippen LogP contribution < -0.4 is 4.90 Å². The van der Waals surface area contributed by atoms with Gasteiger partial charge in [0.25, 0.3) is 11.5 Å². The fourth-order valence-corrected chi connectivity index (χ4v) is 3.38. The monoisotopic (exact) mass is 405 g/mol. The molecule has 9 nitrogen and oxygen atoms in total. The molecular formula is C21H15N3O6. The number of hydrogen-bond acceptors (Lipinski definition) is 7. The lowest BCUT2D eigenvalue weighted by Gasteiger charge is -2.22. The summed E-state index contributed by atoms with van der Waals surface area (Å²) in [4.78, 5) is 37.3. The van der Waals surface area contributed by atoms with Gasteiger partial charge in [0.2, 0.25) is 0 Å². The summed E-state index contributed by atoms with van der Waals surface area (Å²) in [5.74, 6) is -1.59. The summed E-state index contributed by atoms with van der Waals surface area (Å²) in [5.41, 5.74) is 0.480. The minimum atomic E-state index is -1.03. The minimum absolute atomic E-state index is 0.102. The highest BCUT2D eigenvalue weighted by atomic mass is 16.6. The largest absolute Gasteiger partial charge is 0.507 e. The first-order valence-electron chi connectivity index (χ1n) is 8.92. The number of aryl methyl sites for hydroxylation is 1. The van der Waals surface area contributed by atoms with Crippen LogP contribution in [-0.4, -0.2) is 26.9 Å². The summed E-state index contributed by atoms with van der Waals surface area (Å²) in [6.07, 6.45) is 0. The summed E-state index contributed by atoms with van der Waals surface area (Å²) in [5, 5.41) is 25.7. The SMILES string of the molecule is Cc1cc(N2C(=O)C(=O)/C(=C(\O)c3ccccc3)C2c2ccc([N+](=O)[O-])cc2)no1. The number of carbonyl (C=O) groups is 2. The van der Waals surface area contributed by atoms with Gasteiger partial charge < -0.3 is 9.63 Å². The van der Waals surface area contributed by atoms with Crippen LogP contribution in [0.2, 0.25) is 0 Å². The van der Waals surface area contributed by atoms with E-state index in [2.05, 4.69) is 5.16 Å². The first kappa shape index (κ1) is 19.1. The van der Waals surface area contributed by atoms with Gasteiger partial charge in [-0.1, -0.05) is 35.5 Å². The molecule has 1 saturated heterocycles. The lowest BCUT2D eigenvalue weighted by molar-refractivity contribution is -0.384. The summed E-state index contributed by atoms with van der Waals surface area (Å²) in [6, 6.07) is 14.2. The molecule has 1 aliphatic rings. The molecule has 1 unspecified atom stereocenters. The average molecular weight is 405 g/mol. The predicted octanol–water partition coefficient (Wildman–Crippen LogP) is 3.52. The third-order valence-corrected chi connectivity index (χ3v) is 4.77. The molecule has 1 atom stereocenters. The number of rotatable bonds is 4. The Bertz CT molecular complexity index is 1180. The van der Waals surface area contributed by atoms with Crippen molar-refractivity contribution in [1.82, 2.24) is 5.16 Å². The molecule has 0 bridgehead atoms. The third-order valence-electron chi connectivity index (χ3n) is 4.77. The zero-order valence-corrected chi connectivity index (χ0v) is 15.7. The molecule has 4 rings (SSSR count). The smallest absolute Gasteiger partial charge is 0.301 e. The number of aromatic nitrogens is 1. The number of nitrogens with zero attached hydrogens (tertiary/aromatic N) is 3. The van der Waals surface area contributed by atoms with Gasteiger partial charge in [0.1, 0.15) is 11.5 Å². The number of anilines is 1. The van der Waals surface area contributed by atoms with E-state index in [0.717, 1.165) is 4.90 Å². The number of benzene rings is 2. The van der Waals surface area contributed by atoms with Crippen LogP contribution >= 0.6 is 0 Å². The number of aliphatic hydroxyl groups is 1. The first-order chi connectivity index (χ1) is 14.4. The van der Waals surface area contributed by atoms with Gasteiger partial charge in [0.05, 0.1) is 16.5 Å². The van der Waals surface area contributed by atoms with Crippen molar-refractivity contribution in [2.24, 2.45) is 0 Å². The Hall–Kier alpha value is -4.27. The van der Waals surface area contributed by atoms with Crippen LogP contribution in [0.3, 0.4) is 0 Å². The standard InChI is InChI=1S/C21H15N3O6/c1-12-11-16(22-30-12)23-18(13-7-9-15(10-8-13)24(28)29)17(20(26)21(23)27)19(25)14-5-3-2-4-6-14/h2-11,18,25H,1H3/b19-17-. The fraction of sp³-hybridized carbons (Fsp3) is 0.0952. The van der Waals surface area contributed by atoms with Gasteiger partial charge in [0, 0.05) is 23.8 Å². The van der Waals surface area contributed by atoms with E-state index in [1.54, 1.807) is 37.3 Å². The number of hydrogen-bond donors (Lipinski definition) is 1. The first-order valence-corrected chi connectivity index (χ1v) is 8.92. The Balaban J connectivity index is 1.93. The average Bonchev–Trinajstić information content (AvgIpc) is 3.29. The molecule has 0 aliphatic carbocycles.